The van der Waals surface area contributed by atoms with Crippen molar-refractivity contribution < 1.29 is 9.72 Å². The van der Waals surface area contributed by atoms with E-state index >= 15 is 0 Å². The van der Waals surface area contributed by atoms with Crippen molar-refractivity contribution in [3.8, 4) is 0 Å². The highest BCUT2D eigenvalue weighted by Crippen LogP contribution is 2.19. The minimum absolute atomic E-state index is 0.0232. The monoisotopic (exact) mass is 280 g/mol. The van der Waals surface area contributed by atoms with Crippen LogP contribution in [0.15, 0.2) is 12.3 Å². The van der Waals surface area contributed by atoms with E-state index in [1.807, 2.05) is 13.8 Å². The van der Waals surface area contributed by atoms with Crippen LogP contribution in [-0.4, -0.2) is 46.0 Å². The van der Waals surface area contributed by atoms with Gasteiger partial charge in [-0.1, -0.05) is 6.92 Å². The summed E-state index contributed by atoms with van der Waals surface area (Å²) in [5.41, 5.74) is 0.387. The molecule has 7 nitrogen and oxygen atoms in total. The van der Waals surface area contributed by atoms with Crippen LogP contribution in [0.25, 0.3) is 0 Å². The van der Waals surface area contributed by atoms with Crippen LogP contribution in [0.2, 0.25) is 0 Å². The van der Waals surface area contributed by atoms with Crippen LogP contribution in [0, 0.1) is 10.1 Å². The molecule has 0 bridgehead atoms. The average molecular weight is 280 g/mol. The molecule has 1 aliphatic heterocycles. The first kappa shape index (κ1) is 14.5. The molecule has 1 N–H and O–H groups in total. The van der Waals surface area contributed by atoms with Gasteiger partial charge < -0.3 is 14.8 Å². The number of carbonyl (C=O) groups excluding carboxylic acids is 1. The number of hydrogen-bond acceptors (Lipinski definition) is 4. The summed E-state index contributed by atoms with van der Waals surface area (Å²) in [5, 5.41) is 14.2. The van der Waals surface area contributed by atoms with Crippen LogP contribution < -0.4 is 5.32 Å². The van der Waals surface area contributed by atoms with Gasteiger partial charge >= 0.3 is 0 Å². The molecule has 20 heavy (non-hydrogen) atoms. The van der Waals surface area contributed by atoms with Crippen LogP contribution in [0.3, 0.4) is 0 Å². The third-order valence-electron chi connectivity index (χ3n) is 3.43. The van der Waals surface area contributed by atoms with Crippen molar-refractivity contribution in [2.75, 3.05) is 19.6 Å². The van der Waals surface area contributed by atoms with Crippen molar-refractivity contribution in [2.24, 2.45) is 0 Å². The largest absolute Gasteiger partial charge is 0.337 e. The summed E-state index contributed by atoms with van der Waals surface area (Å²) in [7, 11) is 0. The van der Waals surface area contributed by atoms with Gasteiger partial charge in [0.15, 0.2) is 0 Å². The lowest BCUT2D eigenvalue weighted by Crippen LogP contribution is -2.51. The lowest BCUT2D eigenvalue weighted by atomic mass is 10.2. The van der Waals surface area contributed by atoms with Crippen molar-refractivity contribution in [3.05, 3.63) is 28.1 Å². The van der Waals surface area contributed by atoms with E-state index in [2.05, 4.69) is 5.32 Å². The molecule has 1 fully saturated rings. The van der Waals surface area contributed by atoms with E-state index in [9.17, 15) is 14.9 Å². The van der Waals surface area contributed by atoms with Crippen molar-refractivity contribution in [1.82, 2.24) is 14.8 Å². The number of piperazine rings is 1. The maximum Gasteiger partial charge on any atom is 0.287 e. The van der Waals surface area contributed by atoms with Crippen molar-refractivity contribution in [3.63, 3.8) is 0 Å². The van der Waals surface area contributed by atoms with Crippen molar-refractivity contribution >= 4 is 11.6 Å². The van der Waals surface area contributed by atoms with Crippen LogP contribution in [0.4, 0.5) is 5.69 Å². The van der Waals surface area contributed by atoms with Gasteiger partial charge in [-0.25, -0.2) is 0 Å². The standard InChI is InChI=1S/C13H20N4O3/c1-3-5-15-9-11(17(19)20)7-12(15)13(18)16-6-4-14-10(2)8-16/h7,9-10,14H,3-6,8H2,1-2H3/t10-/m1/s1. The molecule has 1 aromatic rings. The van der Waals surface area contributed by atoms with Gasteiger partial charge in [0.1, 0.15) is 5.69 Å². The molecule has 0 unspecified atom stereocenters. The Morgan fingerprint density at radius 1 is 1.60 bits per heavy atom. The maximum atomic E-state index is 12.5. The molecule has 0 saturated carbocycles. The van der Waals surface area contributed by atoms with Gasteiger partial charge in [-0.05, 0) is 13.3 Å². The number of aryl methyl sites for hydroxylation is 1. The van der Waals surface area contributed by atoms with Crippen LogP contribution >= 0.6 is 0 Å². The molecule has 110 valence electrons. The molecule has 2 rings (SSSR count). The Labute approximate surface area is 117 Å². The highest BCUT2D eigenvalue weighted by atomic mass is 16.6. The third kappa shape index (κ3) is 2.98. The molecule has 0 spiro atoms. The number of nitrogens with one attached hydrogen (secondary N) is 1. The molecule has 1 aromatic heterocycles. The zero-order chi connectivity index (χ0) is 14.7. The minimum atomic E-state index is -0.455. The number of aromatic nitrogens is 1. The lowest BCUT2D eigenvalue weighted by molar-refractivity contribution is -0.384. The summed E-state index contributed by atoms with van der Waals surface area (Å²) in [6, 6.07) is 1.63. The molecule has 2 heterocycles. The Morgan fingerprint density at radius 2 is 2.35 bits per heavy atom. The molecule has 0 radical (unpaired) electrons. The Kier molecular flexibility index (Phi) is 4.39. The number of hydrogen-bond donors (Lipinski definition) is 1. The van der Waals surface area contributed by atoms with Gasteiger partial charge in [0.2, 0.25) is 0 Å². The fourth-order valence-corrected chi connectivity index (χ4v) is 2.48. The van der Waals surface area contributed by atoms with Gasteiger partial charge in [0, 0.05) is 38.3 Å². The molecular weight excluding hydrogens is 260 g/mol. The molecule has 1 atom stereocenters. The van der Waals surface area contributed by atoms with E-state index in [-0.39, 0.29) is 17.6 Å². The average Bonchev–Trinajstić information content (AvgIpc) is 2.82. The summed E-state index contributed by atoms with van der Waals surface area (Å²) >= 11 is 0. The van der Waals surface area contributed by atoms with Gasteiger partial charge in [0.05, 0.1) is 11.1 Å². The summed E-state index contributed by atoms with van der Waals surface area (Å²) in [4.78, 5) is 24.7. The normalized spacial score (nSPS) is 19.1. The molecule has 7 heteroatoms. The van der Waals surface area contributed by atoms with Gasteiger partial charge in [0.25, 0.3) is 11.6 Å². The number of carbonyl (C=O) groups is 1. The SMILES string of the molecule is CCCn1cc([N+](=O)[O-])cc1C(=O)N1CCN[C@H](C)C1. The lowest BCUT2D eigenvalue weighted by Gasteiger charge is -2.32. The molecule has 1 amide bonds. The van der Waals surface area contributed by atoms with Crippen LogP contribution in [-0.2, 0) is 6.54 Å². The Morgan fingerprint density at radius 3 is 2.95 bits per heavy atom. The zero-order valence-corrected chi connectivity index (χ0v) is 11.8. The van der Waals surface area contributed by atoms with E-state index in [0.29, 0.717) is 25.3 Å². The Hall–Kier alpha value is -1.89. The first-order valence-corrected chi connectivity index (χ1v) is 6.90. The predicted octanol–water partition coefficient (Wildman–Crippen LogP) is 1.24. The van der Waals surface area contributed by atoms with Gasteiger partial charge in [-0.3, -0.25) is 14.9 Å². The quantitative estimate of drug-likeness (QED) is 0.664. The topological polar surface area (TPSA) is 80.4 Å². The molecule has 0 aliphatic carbocycles. The van der Waals surface area contributed by atoms with Crippen molar-refractivity contribution in [1.29, 1.82) is 0 Å². The number of rotatable bonds is 4. The molecule has 0 aromatic carbocycles. The Bertz CT molecular complexity index is 512. The van der Waals surface area contributed by atoms with Gasteiger partial charge in [-0.2, -0.15) is 0 Å². The third-order valence-corrected chi connectivity index (χ3v) is 3.43. The molecule has 1 saturated heterocycles. The fourth-order valence-electron chi connectivity index (χ4n) is 2.48. The molecular formula is C13H20N4O3. The Balaban J connectivity index is 2.25. The maximum absolute atomic E-state index is 12.5. The first-order chi connectivity index (χ1) is 9.52. The van der Waals surface area contributed by atoms with Gasteiger partial charge in [-0.15, -0.1) is 0 Å². The summed E-state index contributed by atoms with van der Waals surface area (Å²) in [6.45, 7) is 6.62. The van der Waals surface area contributed by atoms with E-state index < -0.39 is 4.92 Å². The minimum Gasteiger partial charge on any atom is -0.337 e. The second-order valence-electron chi connectivity index (χ2n) is 5.14. The number of amides is 1. The van der Waals surface area contributed by atoms with E-state index in [0.717, 1.165) is 13.0 Å². The highest BCUT2D eigenvalue weighted by molar-refractivity contribution is 5.93. The predicted molar refractivity (Wildman–Crippen MR) is 74.7 cm³/mol. The smallest absolute Gasteiger partial charge is 0.287 e. The number of nitro groups is 1. The zero-order valence-electron chi connectivity index (χ0n) is 11.8. The summed E-state index contributed by atoms with van der Waals surface area (Å²) in [5.74, 6) is -0.125. The highest BCUT2D eigenvalue weighted by Gasteiger charge is 2.26. The fraction of sp³-hybridized carbons (Fsp3) is 0.615. The second kappa shape index (κ2) is 6.04. The van der Waals surface area contributed by atoms with E-state index in [1.165, 1.54) is 12.3 Å². The summed E-state index contributed by atoms with van der Waals surface area (Å²) < 4.78 is 1.69. The van der Waals surface area contributed by atoms with E-state index in [1.54, 1.807) is 9.47 Å². The molecule has 1 aliphatic rings. The number of nitrogens with zero attached hydrogens (tertiary/aromatic N) is 3. The van der Waals surface area contributed by atoms with Crippen LogP contribution in [0.5, 0.6) is 0 Å². The van der Waals surface area contributed by atoms with Crippen molar-refractivity contribution in [2.45, 2.75) is 32.9 Å². The van der Waals surface area contributed by atoms with Crippen LogP contribution in [0.1, 0.15) is 30.8 Å². The summed E-state index contributed by atoms with van der Waals surface area (Å²) in [6.07, 6.45) is 2.27. The second-order valence-corrected chi connectivity index (χ2v) is 5.14. The first-order valence-electron chi connectivity index (χ1n) is 6.90. The van der Waals surface area contributed by atoms with E-state index in [4.69, 9.17) is 0 Å².